The fourth-order valence-electron chi connectivity index (χ4n) is 3.43. The van der Waals surface area contributed by atoms with E-state index in [1.165, 1.54) is 16.4 Å². The molecule has 0 aliphatic carbocycles. The standard InChI is InChI=1S/C20H22F3N3O3S/c1-2-26(12-9-17-5-3-4-10-24-17)30(28,29)18-7-6-15-8-11-25(14-16(15)13-18)19(27)20(21,22)23/h3-7,10,13H,2,8-9,11-12,14H2,1H3. The number of rotatable bonds is 6. The molecule has 0 bridgehead atoms. The summed E-state index contributed by atoms with van der Waals surface area (Å²) in [5.41, 5.74) is 1.93. The number of hydrogen-bond acceptors (Lipinski definition) is 4. The van der Waals surface area contributed by atoms with Crippen molar-refractivity contribution in [1.29, 1.82) is 0 Å². The summed E-state index contributed by atoms with van der Waals surface area (Å²) in [5.74, 6) is -1.91. The van der Waals surface area contributed by atoms with Crippen molar-refractivity contribution in [2.24, 2.45) is 0 Å². The summed E-state index contributed by atoms with van der Waals surface area (Å²) in [6, 6.07) is 9.88. The Morgan fingerprint density at radius 3 is 2.60 bits per heavy atom. The summed E-state index contributed by atoms with van der Waals surface area (Å²) in [5, 5.41) is 0. The van der Waals surface area contributed by atoms with Gasteiger partial charge in [-0.2, -0.15) is 17.5 Å². The van der Waals surface area contributed by atoms with Gasteiger partial charge in [-0.15, -0.1) is 0 Å². The van der Waals surface area contributed by atoms with Crippen molar-refractivity contribution in [2.45, 2.75) is 37.4 Å². The van der Waals surface area contributed by atoms with Crippen molar-refractivity contribution in [3.63, 3.8) is 0 Å². The number of carbonyl (C=O) groups is 1. The zero-order valence-corrected chi connectivity index (χ0v) is 17.2. The Hall–Kier alpha value is -2.46. The van der Waals surface area contributed by atoms with Crippen LogP contribution in [0.1, 0.15) is 23.7 Å². The molecule has 0 atom stereocenters. The van der Waals surface area contributed by atoms with Crippen molar-refractivity contribution in [3.05, 3.63) is 59.4 Å². The van der Waals surface area contributed by atoms with E-state index in [0.29, 0.717) is 16.9 Å². The van der Waals surface area contributed by atoms with Crippen LogP contribution in [0.3, 0.4) is 0 Å². The number of aromatic nitrogens is 1. The Kier molecular flexibility index (Phi) is 6.47. The highest BCUT2D eigenvalue weighted by Gasteiger charge is 2.43. The number of pyridine rings is 1. The molecule has 2 aromatic rings. The maximum atomic E-state index is 13.1. The van der Waals surface area contributed by atoms with Crippen LogP contribution in [0.15, 0.2) is 47.5 Å². The molecule has 0 fully saturated rings. The summed E-state index contributed by atoms with van der Waals surface area (Å²) < 4.78 is 65.8. The predicted octanol–water partition coefficient (Wildman–Crippen LogP) is 2.78. The maximum absolute atomic E-state index is 13.1. The van der Waals surface area contributed by atoms with E-state index >= 15 is 0 Å². The van der Waals surface area contributed by atoms with Crippen LogP contribution >= 0.6 is 0 Å². The average molecular weight is 441 g/mol. The van der Waals surface area contributed by atoms with Gasteiger partial charge in [-0.3, -0.25) is 9.78 Å². The van der Waals surface area contributed by atoms with Crippen LogP contribution in [0.5, 0.6) is 0 Å². The number of nitrogens with zero attached hydrogens (tertiary/aromatic N) is 3. The molecule has 6 nitrogen and oxygen atoms in total. The first-order chi connectivity index (χ1) is 14.1. The molecule has 3 rings (SSSR count). The zero-order valence-electron chi connectivity index (χ0n) is 16.4. The van der Waals surface area contributed by atoms with Crippen LogP contribution in [-0.4, -0.2) is 54.3 Å². The summed E-state index contributed by atoms with van der Waals surface area (Å²) in [6.45, 7) is 1.87. The smallest absolute Gasteiger partial charge is 0.330 e. The minimum atomic E-state index is -4.95. The molecule has 0 radical (unpaired) electrons. The summed E-state index contributed by atoms with van der Waals surface area (Å²) in [6.07, 6.45) is -2.63. The highest BCUT2D eigenvalue weighted by atomic mass is 32.2. The quantitative estimate of drug-likeness (QED) is 0.691. The van der Waals surface area contributed by atoms with Crippen molar-refractivity contribution < 1.29 is 26.4 Å². The third kappa shape index (κ3) is 4.81. The molecule has 1 aliphatic rings. The fourth-order valence-corrected chi connectivity index (χ4v) is 4.93. The molecule has 30 heavy (non-hydrogen) atoms. The monoisotopic (exact) mass is 441 g/mol. The van der Waals surface area contributed by atoms with Crippen molar-refractivity contribution in [2.75, 3.05) is 19.6 Å². The summed E-state index contributed by atoms with van der Waals surface area (Å²) >= 11 is 0. The third-order valence-corrected chi connectivity index (χ3v) is 7.02. The van der Waals surface area contributed by atoms with E-state index in [1.54, 1.807) is 25.3 Å². The highest BCUT2D eigenvalue weighted by Crippen LogP contribution is 2.27. The van der Waals surface area contributed by atoms with E-state index in [-0.39, 0.29) is 37.5 Å². The number of fused-ring (bicyclic) bond motifs is 1. The molecular weight excluding hydrogens is 419 g/mol. The number of alkyl halides is 3. The normalized spacial score (nSPS) is 14.6. The Bertz CT molecular complexity index is 1010. The fraction of sp³-hybridized carbons (Fsp3) is 0.400. The van der Waals surface area contributed by atoms with Crippen LogP contribution in [0.25, 0.3) is 0 Å². The van der Waals surface area contributed by atoms with Gasteiger partial charge in [0.15, 0.2) is 0 Å². The van der Waals surface area contributed by atoms with Gasteiger partial charge in [-0.25, -0.2) is 8.42 Å². The van der Waals surface area contributed by atoms with E-state index in [1.807, 2.05) is 12.1 Å². The number of benzene rings is 1. The van der Waals surface area contributed by atoms with Crippen LogP contribution in [0, 0.1) is 0 Å². The molecular formula is C20H22F3N3O3S. The second-order valence-electron chi connectivity index (χ2n) is 6.97. The first kappa shape index (κ1) is 22.2. The second-order valence-corrected chi connectivity index (χ2v) is 8.91. The van der Waals surface area contributed by atoms with Gasteiger partial charge in [-0.1, -0.05) is 19.1 Å². The molecule has 0 saturated heterocycles. The maximum Gasteiger partial charge on any atom is 0.471 e. The minimum absolute atomic E-state index is 0.00503. The lowest BCUT2D eigenvalue weighted by molar-refractivity contribution is -0.186. The molecule has 0 saturated carbocycles. The Balaban J connectivity index is 1.80. The lowest BCUT2D eigenvalue weighted by atomic mass is 10.00. The number of likely N-dealkylation sites (N-methyl/N-ethyl adjacent to an activating group) is 1. The average Bonchev–Trinajstić information content (AvgIpc) is 2.72. The lowest BCUT2D eigenvalue weighted by Gasteiger charge is -2.30. The molecule has 162 valence electrons. The van der Waals surface area contributed by atoms with Crippen molar-refractivity contribution in [3.8, 4) is 0 Å². The Labute approximate surface area is 173 Å². The first-order valence-electron chi connectivity index (χ1n) is 9.51. The van der Waals surface area contributed by atoms with Gasteiger partial charge in [-0.05, 0) is 41.8 Å². The van der Waals surface area contributed by atoms with E-state index in [2.05, 4.69) is 4.98 Å². The SMILES string of the molecule is CCN(CCc1ccccn1)S(=O)(=O)c1ccc2c(c1)CN(C(=O)C(F)(F)F)CC2. The molecule has 2 heterocycles. The topological polar surface area (TPSA) is 70.6 Å². The van der Waals surface area contributed by atoms with E-state index < -0.39 is 22.1 Å². The van der Waals surface area contributed by atoms with Gasteiger partial charge in [0.2, 0.25) is 10.0 Å². The van der Waals surface area contributed by atoms with Crippen LogP contribution in [0.2, 0.25) is 0 Å². The van der Waals surface area contributed by atoms with E-state index in [9.17, 15) is 26.4 Å². The molecule has 10 heteroatoms. The van der Waals surface area contributed by atoms with Crippen LogP contribution < -0.4 is 0 Å². The zero-order chi connectivity index (χ0) is 21.9. The van der Waals surface area contributed by atoms with Crippen molar-refractivity contribution >= 4 is 15.9 Å². The second kappa shape index (κ2) is 8.73. The molecule has 1 aliphatic heterocycles. The minimum Gasteiger partial charge on any atom is -0.330 e. The van der Waals surface area contributed by atoms with Gasteiger partial charge in [0.05, 0.1) is 4.90 Å². The Morgan fingerprint density at radius 2 is 1.97 bits per heavy atom. The van der Waals surface area contributed by atoms with Crippen LogP contribution in [-0.2, 0) is 34.2 Å². The summed E-state index contributed by atoms with van der Waals surface area (Å²) in [4.78, 5) is 16.5. The molecule has 0 N–H and O–H groups in total. The number of hydrogen-bond donors (Lipinski definition) is 0. The number of sulfonamides is 1. The first-order valence-corrected chi connectivity index (χ1v) is 10.9. The number of halogens is 3. The van der Waals surface area contributed by atoms with Gasteiger partial charge >= 0.3 is 12.1 Å². The Morgan fingerprint density at radius 1 is 1.20 bits per heavy atom. The van der Waals surface area contributed by atoms with Gasteiger partial charge in [0, 0.05) is 44.5 Å². The third-order valence-electron chi connectivity index (χ3n) is 5.05. The van der Waals surface area contributed by atoms with Crippen LogP contribution in [0.4, 0.5) is 13.2 Å². The van der Waals surface area contributed by atoms with Gasteiger partial charge < -0.3 is 4.90 Å². The predicted molar refractivity (Wildman–Crippen MR) is 104 cm³/mol. The molecule has 1 amide bonds. The summed E-state index contributed by atoms with van der Waals surface area (Å²) in [7, 11) is -3.84. The molecule has 0 unspecified atom stereocenters. The molecule has 1 aromatic heterocycles. The molecule has 1 aromatic carbocycles. The van der Waals surface area contributed by atoms with Gasteiger partial charge in [0.25, 0.3) is 0 Å². The number of carbonyl (C=O) groups excluding carboxylic acids is 1. The number of amides is 1. The molecule has 0 spiro atoms. The van der Waals surface area contributed by atoms with Gasteiger partial charge in [0.1, 0.15) is 0 Å². The lowest BCUT2D eigenvalue weighted by Crippen LogP contribution is -2.43. The van der Waals surface area contributed by atoms with E-state index in [0.717, 1.165) is 11.3 Å². The van der Waals surface area contributed by atoms with Crippen molar-refractivity contribution in [1.82, 2.24) is 14.2 Å². The largest absolute Gasteiger partial charge is 0.471 e. The highest BCUT2D eigenvalue weighted by molar-refractivity contribution is 7.89. The van der Waals surface area contributed by atoms with E-state index in [4.69, 9.17) is 0 Å².